The van der Waals surface area contributed by atoms with Gasteiger partial charge in [0.2, 0.25) is 0 Å². The number of imide groups is 1. The highest BCUT2D eigenvalue weighted by Gasteiger charge is 2.56. The minimum Gasteiger partial charge on any atom is -0.319 e. The molecule has 0 unspecified atom stereocenters. The summed E-state index contributed by atoms with van der Waals surface area (Å²) >= 11 is 0. The predicted molar refractivity (Wildman–Crippen MR) is 102 cm³/mol. The Morgan fingerprint density at radius 2 is 1.85 bits per heavy atom. The second-order valence-corrected chi connectivity index (χ2v) is 7.20. The lowest BCUT2D eigenvalue weighted by molar-refractivity contribution is -0.134. The predicted octanol–water partition coefficient (Wildman–Crippen LogP) is 2.07. The van der Waals surface area contributed by atoms with E-state index in [1.807, 2.05) is 42.5 Å². The Morgan fingerprint density at radius 1 is 1.07 bits per heavy atom. The SMILES string of the molecule is O=C1N[C@@](c2cccnc2)(C2CCNCC2)C(=O)N1CCc1ccccc1. The van der Waals surface area contributed by atoms with Crippen molar-refractivity contribution in [2.24, 2.45) is 5.92 Å². The fourth-order valence-corrected chi connectivity index (χ4v) is 4.24. The molecule has 1 aromatic heterocycles. The lowest BCUT2D eigenvalue weighted by Gasteiger charge is -2.37. The van der Waals surface area contributed by atoms with Gasteiger partial charge in [0.25, 0.3) is 5.91 Å². The van der Waals surface area contributed by atoms with Crippen LogP contribution >= 0.6 is 0 Å². The van der Waals surface area contributed by atoms with Crippen molar-refractivity contribution in [2.45, 2.75) is 24.8 Å². The van der Waals surface area contributed by atoms with Crippen molar-refractivity contribution < 1.29 is 9.59 Å². The lowest BCUT2D eigenvalue weighted by Crippen LogP contribution is -2.53. The minimum atomic E-state index is -1.01. The Bertz CT molecular complexity index is 805. The zero-order valence-electron chi connectivity index (χ0n) is 15.2. The van der Waals surface area contributed by atoms with Gasteiger partial charge in [0.1, 0.15) is 0 Å². The van der Waals surface area contributed by atoms with Crippen molar-refractivity contribution in [1.82, 2.24) is 20.5 Å². The number of pyridine rings is 1. The smallest absolute Gasteiger partial charge is 0.319 e. The van der Waals surface area contributed by atoms with E-state index < -0.39 is 5.54 Å². The van der Waals surface area contributed by atoms with E-state index in [-0.39, 0.29) is 17.9 Å². The number of rotatable bonds is 5. The molecule has 2 fully saturated rings. The van der Waals surface area contributed by atoms with E-state index in [1.165, 1.54) is 4.90 Å². The number of piperidine rings is 1. The van der Waals surface area contributed by atoms with Gasteiger partial charge in [-0.3, -0.25) is 14.7 Å². The number of carbonyl (C=O) groups excluding carboxylic acids is 2. The maximum atomic E-state index is 13.6. The molecule has 4 rings (SSSR count). The van der Waals surface area contributed by atoms with E-state index in [0.29, 0.717) is 13.0 Å². The molecule has 6 nitrogen and oxygen atoms in total. The third kappa shape index (κ3) is 3.21. The summed E-state index contributed by atoms with van der Waals surface area (Å²) < 4.78 is 0. The van der Waals surface area contributed by atoms with Gasteiger partial charge in [-0.15, -0.1) is 0 Å². The molecule has 0 bridgehead atoms. The van der Waals surface area contributed by atoms with Crippen LogP contribution in [0.2, 0.25) is 0 Å². The van der Waals surface area contributed by atoms with Gasteiger partial charge in [0, 0.05) is 24.5 Å². The number of nitrogens with zero attached hydrogens (tertiary/aromatic N) is 2. The van der Waals surface area contributed by atoms with E-state index in [2.05, 4.69) is 15.6 Å². The molecular formula is C21H24N4O2. The summed E-state index contributed by atoms with van der Waals surface area (Å²) in [4.78, 5) is 31.9. The van der Waals surface area contributed by atoms with Crippen LogP contribution in [0.1, 0.15) is 24.0 Å². The Morgan fingerprint density at radius 3 is 2.56 bits per heavy atom. The summed E-state index contributed by atoms with van der Waals surface area (Å²) in [5.41, 5.74) is 0.876. The molecule has 2 saturated heterocycles. The van der Waals surface area contributed by atoms with Crippen LogP contribution in [0.5, 0.6) is 0 Å². The van der Waals surface area contributed by atoms with Gasteiger partial charge in [-0.2, -0.15) is 0 Å². The molecule has 27 heavy (non-hydrogen) atoms. The van der Waals surface area contributed by atoms with Crippen molar-refractivity contribution in [3.63, 3.8) is 0 Å². The number of benzene rings is 1. The number of nitrogens with one attached hydrogen (secondary N) is 2. The largest absolute Gasteiger partial charge is 0.325 e. The molecule has 6 heteroatoms. The minimum absolute atomic E-state index is 0.0566. The molecule has 0 saturated carbocycles. The first-order valence-corrected chi connectivity index (χ1v) is 9.51. The molecule has 0 aliphatic carbocycles. The highest BCUT2D eigenvalue weighted by molar-refractivity contribution is 6.07. The molecule has 3 amide bonds. The topological polar surface area (TPSA) is 74.3 Å². The van der Waals surface area contributed by atoms with Crippen molar-refractivity contribution in [2.75, 3.05) is 19.6 Å². The summed E-state index contributed by atoms with van der Waals surface area (Å²) in [6.07, 6.45) is 5.73. The Hall–Kier alpha value is -2.73. The first kappa shape index (κ1) is 17.7. The lowest BCUT2D eigenvalue weighted by atomic mass is 9.74. The first-order valence-electron chi connectivity index (χ1n) is 9.51. The van der Waals surface area contributed by atoms with Crippen LogP contribution in [0, 0.1) is 5.92 Å². The summed E-state index contributed by atoms with van der Waals surface area (Å²) in [6.45, 7) is 2.07. The summed E-state index contributed by atoms with van der Waals surface area (Å²) in [6, 6.07) is 13.3. The third-order valence-corrected chi connectivity index (χ3v) is 5.67. The van der Waals surface area contributed by atoms with Gasteiger partial charge in [-0.05, 0) is 49.9 Å². The molecule has 3 heterocycles. The van der Waals surface area contributed by atoms with Crippen LogP contribution in [0.25, 0.3) is 0 Å². The summed E-state index contributed by atoms with van der Waals surface area (Å²) in [5, 5.41) is 6.40. The van der Waals surface area contributed by atoms with E-state index >= 15 is 0 Å². The Balaban J connectivity index is 1.63. The van der Waals surface area contributed by atoms with E-state index in [1.54, 1.807) is 12.4 Å². The molecule has 2 aliphatic heterocycles. The number of amides is 3. The number of carbonyl (C=O) groups is 2. The quantitative estimate of drug-likeness (QED) is 0.797. The molecule has 140 valence electrons. The van der Waals surface area contributed by atoms with E-state index in [0.717, 1.165) is 37.1 Å². The second kappa shape index (κ2) is 7.48. The van der Waals surface area contributed by atoms with Gasteiger partial charge in [0.15, 0.2) is 5.54 Å². The van der Waals surface area contributed by atoms with Gasteiger partial charge < -0.3 is 10.6 Å². The third-order valence-electron chi connectivity index (χ3n) is 5.67. The molecule has 0 radical (unpaired) electrons. The van der Waals surface area contributed by atoms with Crippen molar-refractivity contribution in [3.05, 3.63) is 66.0 Å². The molecule has 2 aliphatic rings. The van der Waals surface area contributed by atoms with Crippen LogP contribution in [0.3, 0.4) is 0 Å². The maximum absolute atomic E-state index is 13.6. The van der Waals surface area contributed by atoms with Crippen LogP contribution in [-0.4, -0.2) is 41.5 Å². The maximum Gasteiger partial charge on any atom is 0.325 e. The number of hydrogen-bond donors (Lipinski definition) is 2. The second-order valence-electron chi connectivity index (χ2n) is 7.20. The average molecular weight is 364 g/mol. The zero-order chi connectivity index (χ0) is 18.7. The van der Waals surface area contributed by atoms with Gasteiger partial charge in [-0.1, -0.05) is 36.4 Å². The zero-order valence-corrected chi connectivity index (χ0v) is 15.2. The standard InChI is InChI=1S/C21H24N4O2/c26-19-21(17-8-12-22-13-9-17,18-7-4-11-23-15-18)24-20(27)25(19)14-10-16-5-2-1-3-6-16/h1-7,11,15,17,22H,8-10,12-14H2,(H,24,27)/t21-/m1/s1. The summed E-state index contributed by atoms with van der Waals surface area (Å²) in [7, 11) is 0. The number of urea groups is 1. The highest BCUT2D eigenvalue weighted by Crippen LogP contribution is 2.40. The average Bonchev–Trinajstić information content (AvgIpc) is 2.99. The van der Waals surface area contributed by atoms with E-state index in [4.69, 9.17) is 0 Å². The Kier molecular flexibility index (Phi) is 4.90. The van der Waals surface area contributed by atoms with Crippen molar-refractivity contribution in [3.8, 4) is 0 Å². The fraction of sp³-hybridized carbons (Fsp3) is 0.381. The van der Waals surface area contributed by atoms with Gasteiger partial charge in [0.05, 0.1) is 0 Å². The molecular weight excluding hydrogens is 340 g/mol. The van der Waals surface area contributed by atoms with Crippen LogP contribution in [-0.2, 0) is 16.8 Å². The number of aromatic nitrogens is 1. The molecule has 2 N–H and O–H groups in total. The van der Waals surface area contributed by atoms with Crippen molar-refractivity contribution >= 4 is 11.9 Å². The first-order chi connectivity index (χ1) is 13.2. The summed E-state index contributed by atoms with van der Waals surface area (Å²) in [5.74, 6) is -0.0931. The normalized spacial score (nSPS) is 23.5. The Labute approximate surface area is 159 Å². The van der Waals surface area contributed by atoms with Crippen LogP contribution in [0.15, 0.2) is 54.9 Å². The fourth-order valence-electron chi connectivity index (χ4n) is 4.24. The van der Waals surface area contributed by atoms with Crippen LogP contribution < -0.4 is 10.6 Å². The van der Waals surface area contributed by atoms with Gasteiger partial charge >= 0.3 is 6.03 Å². The molecule has 0 spiro atoms. The monoisotopic (exact) mass is 364 g/mol. The molecule has 1 atom stereocenters. The van der Waals surface area contributed by atoms with E-state index in [9.17, 15) is 9.59 Å². The molecule has 1 aromatic carbocycles. The van der Waals surface area contributed by atoms with Crippen molar-refractivity contribution in [1.29, 1.82) is 0 Å². The number of hydrogen-bond acceptors (Lipinski definition) is 4. The van der Waals surface area contributed by atoms with Crippen LogP contribution in [0.4, 0.5) is 4.79 Å². The molecule has 2 aromatic rings. The van der Waals surface area contributed by atoms with Gasteiger partial charge in [-0.25, -0.2) is 4.79 Å². The highest BCUT2D eigenvalue weighted by atomic mass is 16.2.